The highest BCUT2D eigenvalue weighted by molar-refractivity contribution is 7.09. The fourth-order valence-corrected chi connectivity index (χ4v) is 1.90. The van der Waals surface area contributed by atoms with Crippen molar-refractivity contribution in [3.8, 4) is 5.75 Å². The fraction of sp³-hybridized carbons (Fsp3) is 0.182. The van der Waals surface area contributed by atoms with E-state index in [-0.39, 0.29) is 5.82 Å². The Morgan fingerprint density at radius 1 is 1.31 bits per heavy atom. The van der Waals surface area contributed by atoms with Crippen molar-refractivity contribution in [2.75, 3.05) is 0 Å². The Hall–Kier alpha value is -1.46. The molecule has 0 saturated heterocycles. The van der Waals surface area contributed by atoms with Crippen LogP contribution in [0.3, 0.4) is 0 Å². The van der Waals surface area contributed by atoms with Gasteiger partial charge in [0.1, 0.15) is 23.2 Å². The average molecular weight is 238 g/mol. The van der Waals surface area contributed by atoms with E-state index in [0.717, 1.165) is 10.7 Å². The Kier molecular flexibility index (Phi) is 3.48. The summed E-state index contributed by atoms with van der Waals surface area (Å²) >= 11 is 1.51. The first-order chi connectivity index (χ1) is 7.78. The van der Waals surface area contributed by atoms with E-state index in [1.165, 1.54) is 23.5 Å². The lowest BCUT2D eigenvalue weighted by Crippen LogP contribution is -1.98. The van der Waals surface area contributed by atoms with Crippen LogP contribution in [0.5, 0.6) is 5.75 Å². The molecule has 84 valence electrons. The van der Waals surface area contributed by atoms with Crippen LogP contribution in [0.2, 0.25) is 0 Å². The second-order valence-corrected chi connectivity index (χ2v) is 4.12. The molecule has 0 spiro atoms. The third-order valence-electron chi connectivity index (χ3n) is 1.98. The lowest BCUT2D eigenvalue weighted by Gasteiger charge is -2.02. The van der Waals surface area contributed by atoms with E-state index in [4.69, 9.17) is 10.5 Å². The largest absolute Gasteiger partial charge is 0.486 e. The SMILES string of the molecule is NCc1csc(COc2ccc(F)cc2)n1. The van der Waals surface area contributed by atoms with Crippen molar-refractivity contribution in [1.82, 2.24) is 4.98 Å². The molecule has 2 N–H and O–H groups in total. The molecule has 16 heavy (non-hydrogen) atoms. The molecule has 0 bridgehead atoms. The number of aromatic nitrogens is 1. The molecule has 1 aromatic carbocycles. The summed E-state index contributed by atoms with van der Waals surface area (Å²) in [7, 11) is 0. The van der Waals surface area contributed by atoms with Crippen LogP contribution in [0, 0.1) is 5.82 Å². The zero-order chi connectivity index (χ0) is 11.4. The molecular formula is C11H11FN2OS. The van der Waals surface area contributed by atoms with E-state index in [2.05, 4.69) is 4.98 Å². The maximum atomic E-state index is 12.6. The van der Waals surface area contributed by atoms with Crippen molar-refractivity contribution in [3.63, 3.8) is 0 Å². The summed E-state index contributed by atoms with van der Waals surface area (Å²) in [6, 6.07) is 5.91. The molecule has 0 fully saturated rings. The lowest BCUT2D eigenvalue weighted by molar-refractivity contribution is 0.305. The normalized spacial score (nSPS) is 10.4. The van der Waals surface area contributed by atoms with Gasteiger partial charge in [0.2, 0.25) is 0 Å². The number of rotatable bonds is 4. The minimum Gasteiger partial charge on any atom is -0.486 e. The first-order valence-electron chi connectivity index (χ1n) is 4.79. The highest BCUT2D eigenvalue weighted by Gasteiger charge is 2.01. The Morgan fingerprint density at radius 3 is 2.69 bits per heavy atom. The molecule has 0 unspecified atom stereocenters. The van der Waals surface area contributed by atoms with Crippen LogP contribution >= 0.6 is 11.3 Å². The Balaban J connectivity index is 1.94. The van der Waals surface area contributed by atoms with Gasteiger partial charge >= 0.3 is 0 Å². The first kappa shape index (κ1) is 11.0. The molecule has 0 aliphatic rings. The van der Waals surface area contributed by atoms with Gasteiger partial charge in [-0.25, -0.2) is 9.37 Å². The summed E-state index contributed by atoms with van der Waals surface area (Å²) in [5.41, 5.74) is 6.31. The highest BCUT2D eigenvalue weighted by atomic mass is 32.1. The van der Waals surface area contributed by atoms with Crippen molar-refractivity contribution in [1.29, 1.82) is 0 Å². The monoisotopic (exact) mass is 238 g/mol. The number of ether oxygens (including phenoxy) is 1. The number of benzene rings is 1. The molecule has 0 aliphatic carbocycles. The summed E-state index contributed by atoms with van der Waals surface area (Å²) in [4.78, 5) is 4.26. The van der Waals surface area contributed by atoms with Crippen LogP contribution in [-0.2, 0) is 13.2 Å². The summed E-state index contributed by atoms with van der Waals surface area (Å²) in [5.74, 6) is 0.359. The minimum atomic E-state index is -0.271. The predicted octanol–water partition coefficient (Wildman–Crippen LogP) is 2.32. The van der Waals surface area contributed by atoms with Gasteiger partial charge in [-0.05, 0) is 24.3 Å². The molecule has 0 amide bonds. The predicted molar refractivity (Wildman–Crippen MR) is 60.7 cm³/mol. The summed E-state index contributed by atoms with van der Waals surface area (Å²) in [5, 5.41) is 2.77. The molecular weight excluding hydrogens is 227 g/mol. The van der Waals surface area contributed by atoms with Gasteiger partial charge in [0.25, 0.3) is 0 Å². The van der Waals surface area contributed by atoms with Crippen LogP contribution in [0.15, 0.2) is 29.6 Å². The number of hydrogen-bond acceptors (Lipinski definition) is 4. The van der Waals surface area contributed by atoms with Crippen LogP contribution in [0.1, 0.15) is 10.7 Å². The number of nitrogens with two attached hydrogens (primary N) is 1. The van der Waals surface area contributed by atoms with E-state index in [1.54, 1.807) is 12.1 Å². The third kappa shape index (κ3) is 2.77. The molecule has 1 aromatic heterocycles. The third-order valence-corrected chi connectivity index (χ3v) is 2.86. The van der Waals surface area contributed by atoms with E-state index in [0.29, 0.717) is 18.9 Å². The van der Waals surface area contributed by atoms with Gasteiger partial charge in [0.15, 0.2) is 0 Å². The Labute approximate surface area is 96.7 Å². The van der Waals surface area contributed by atoms with Gasteiger partial charge in [-0.3, -0.25) is 0 Å². The van der Waals surface area contributed by atoms with Crippen molar-refractivity contribution < 1.29 is 9.13 Å². The number of thiazole rings is 1. The molecule has 2 aromatic rings. The lowest BCUT2D eigenvalue weighted by atomic mass is 10.3. The van der Waals surface area contributed by atoms with Crippen molar-refractivity contribution in [2.45, 2.75) is 13.2 Å². The summed E-state index contributed by atoms with van der Waals surface area (Å²) in [6.07, 6.45) is 0. The zero-order valence-corrected chi connectivity index (χ0v) is 9.34. The van der Waals surface area contributed by atoms with Crippen molar-refractivity contribution in [2.24, 2.45) is 5.73 Å². The highest BCUT2D eigenvalue weighted by Crippen LogP contribution is 2.15. The molecule has 3 nitrogen and oxygen atoms in total. The van der Waals surface area contributed by atoms with E-state index >= 15 is 0 Å². The topological polar surface area (TPSA) is 48.1 Å². The zero-order valence-electron chi connectivity index (χ0n) is 8.52. The van der Waals surface area contributed by atoms with Crippen LogP contribution < -0.4 is 10.5 Å². The van der Waals surface area contributed by atoms with E-state index in [1.807, 2.05) is 5.38 Å². The molecule has 2 rings (SSSR count). The summed E-state index contributed by atoms with van der Waals surface area (Å²) < 4.78 is 18.1. The molecule has 5 heteroatoms. The van der Waals surface area contributed by atoms with Gasteiger partial charge in [-0.1, -0.05) is 0 Å². The van der Waals surface area contributed by atoms with Crippen molar-refractivity contribution in [3.05, 3.63) is 46.2 Å². The van der Waals surface area contributed by atoms with Gasteiger partial charge in [-0.15, -0.1) is 11.3 Å². The van der Waals surface area contributed by atoms with Crippen LogP contribution in [-0.4, -0.2) is 4.98 Å². The smallest absolute Gasteiger partial charge is 0.140 e. The van der Waals surface area contributed by atoms with Crippen LogP contribution in [0.25, 0.3) is 0 Å². The number of nitrogens with zero attached hydrogens (tertiary/aromatic N) is 1. The average Bonchev–Trinajstić information content (AvgIpc) is 2.76. The maximum Gasteiger partial charge on any atom is 0.140 e. The van der Waals surface area contributed by atoms with Gasteiger partial charge in [0.05, 0.1) is 5.69 Å². The second kappa shape index (κ2) is 5.05. The number of hydrogen-bond donors (Lipinski definition) is 1. The molecule has 0 aliphatic heterocycles. The van der Waals surface area contributed by atoms with Gasteiger partial charge < -0.3 is 10.5 Å². The second-order valence-electron chi connectivity index (χ2n) is 3.18. The molecule has 0 atom stereocenters. The first-order valence-corrected chi connectivity index (χ1v) is 5.67. The van der Waals surface area contributed by atoms with E-state index in [9.17, 15) is 4.39 Å². The van der Waals surface area contributed by atoms with Crippen molar-refractivity contribution >= 4 is 11.3 Å². The quantitative estimate of drug-likeness (QED) is 0.889. The molecule has 0 saturated carbocycles. The van der Waals surface area contributed by atoms with E-state index < -0.39 is 0 Å². The Morgan fingerprint density at radius 2 is 2.06 bits per heavy atom. The van der Waals surface area contributed by atoms with Crippen LogP contribution in [0.4, 0.5) is 4.39 Å². The fourth-order valence-electron chi connectivity index (χ4n) is 1.18. The summed E-state index contributed by atoms with van der Waals surface area (Å²) in [6.45, 7) is 0.823. The molecule has 1 heterocycles. The number of halogens is 1. The molecule has 0 radical (unpaired) electrons. The maximum absolute atomic E-state index is 12.6. The Bertz CT molecular complexity index is 455. The van der Waals surface area contributed by atoms with Gasteiger partial charge in [0, 0.05) is 11.9 Å². The minimum absolute atomic E-state index is 0.271. The standard InChI is InChI=1S/C11H11FN2OS/c12-8-1-3-10(4-2-8)15-6-11-14-9(5-13)7-16-11/h1-4,7H,5-6,13H2. The van der Waals surface area contributed by atoms with Gasteiger partial charge in [-0.2, -0.15) is 0 Å².